The number of benzene rings is 1. The van der Waals surface area contributed by atoms with Crippen LogP contribution in [0.2, 0.25) is 5.02 Å². The van der Waals surface area contributed by atoms with E-state index in [1.165, 1.54) is 11.3 Å². The van der Waals surface area contributed by atoms with E-state index >= 15 is 0 Å². The Labute approximate surface area is 109 Å². The third-order valence-electron chi connectivity index (χ3n) is 2.21. The number of halogens is 1. The van der Waals surface area contributed by atoms with Gasteiger partial charge in [-0.25, -0.2) is 4.79 Å². The average molecular weight is 267 g/mol. The quantitative estimate of drug-likeness (QED) is 0.777. The summed E-state index contributed by atoms with van der Waals surface area (Å²) in [5, 5.41) is 0.705. The van der Waals surface area contributed by atoms with Crippen LogP contribution in [0.4, 0.5) is 0 Å². The molecular formula is C13H11ClO2S. The van der Waals surface area contributed by atoms with Crippen molar-refractivity contribution in [1.29, 1.82) is 0 Å². The SMILES string of the molecule is CCOC(=O)c1ccc(-c2ccc(Cl)cc2)s1. The summed E-state index contributed by atoms with van der Waals surface area (Å²) < 4.78 is 4.95. The van der Waals surface area contributed by atoms with E-state index in [9.17, 15) is 4.79 Å². The molecule has 0 saturated heterocycles. The number of hydrogen-bond acceptors (Lipinski definition) is 3. The summed E-state index contributed by atoms with van der Waals surface area (Å²) in [6.07, 6.45) is 0. The maximum atomic E-state index is 11.5. The molecule has 88 valence electrons. The van der Waals surface area contributed by atoms with Crippen LogP contribution in [0, 0.1) is 0 Å². The molecule has 0 fully saturated rings. The van der Waals surface area contributed by atoms with E-state index in [4.69, 9.17) is 16.3 Å². The topological polar surface area (TPSA) is 26.3 Å². The number of carbonyl (C=O) groups excluding carboxylic acids is 1. The number of carbonyl (C=O) groups is 1. The number of rotatable bonds is 3. The highest BCUT2D eigenvalue weighted by molar-refractivity contribution is 7.17. The number of ether oxygens (including phenoxy) is 1. The summed E-state index contributed by atoms with van der Waals surface area (Å²) in [6.45, 7) is 2.19. The highest BCUT2D eigenvalue weighted by atomic mass is 35.5. The van der Waals surface area contributed by atoms with Crippen LogP contribution in [0.1, 0.15) is 16.6 Å². The number of hydrogen-bond donors (Lipinski definition) is 0. The highest BCUT2D eigenvalue weighted by Crippen LogP contribution is 2.29. The van der Waals surface area contributed by atoms with Gasteiger partial charge in [-0.1, -0.05) is 23.7 Å². The van der Waals surface area contributed by atoms with Crippen molar-refractivity contribution in [2.45, 2.75) is 6.92 Å². The Hall–Kier alpha value is -1.32. The van der Waals surface area contributed by atoms with Gasteiger partial charge in [-0.05, 0) is 36.8 Å². The van der Waals surface area contributed by atoms with E-state index in [2.05, 4.69) is 0 Å². The third-order valence-corrected chi connectivity index (χ3v) is 3.58. The van der Waals surface area contributed by atoms with Crippen molar-refractivity contribution in [3.05, 3.63) is 46.3 Å². The Balaban J connectivity index is 2.23. The molecule has 0 N–H and O–H groups in total. The Bertz CT molecular complexity index is 516. The Kier molecular flexibility index (Phi) is 3.82. The van der Waals surface area contributed by atoms with Gasteiger partial charge in [0.15, 0.2) is 0 Å². The molecule has 4 heteroatoms. The lowest BCUT2D eigenvalue weighted by Gasteiger charge is -1.98. The van der Waals surface area contributed by atoms with Gasteiger partial charge in [-0.3, -0.25) is 0 Å². The van der Waals surface area contributed by atoms with Crippen LogP contribution in [0.5, 0.6) is 0 Å². The van der Waals surface area contributed by atoms with E-state index in [1.807, 2.05) is 30.3 Å². The second-order valence-corrected chi connectivity index (χ2v) is 4.91. The standard InChI is InChI=1S/C13H11ClO2S/c1-2-16-13(15)12-8-7-11(17-12)9-3-5-10(14)6-4-9/h3-8H,2H2,1H3. The van der Waals surface area contributed by atoms with Crippen molar-refractivity contribution in [3.63, 3.8) is 0 Å². The van der Waals surface area contributed by atoms with E-state index in [-0.39, 0.29) is 5.97 Å². The van der Waals surface area contributed by atoms with E-state index in [0.717, 1.165) is 10.4 Å². The molecule has 0 amide bonds. The monoisotopic (exact) mass is 266 g/mol. The lowest BCUT2D eigenvalue weighted by atomic mass is 10.2. The zero-order chi connectivity index (χ0) is 12.3. The normalized spacial score (nSPS) is 10.2. The summed E-state index contributed by atoms with van der Waals surface area (Å²) >= 11 is 7.25. The largest absolute Gasteiger partial charge is 0.462 e. The smallest absolute Gasteiger partial charge is 0.348 e. The summed E-state index contributed by atoms with van der Waals surface area (Å²) in [7, 11) is 0. The van der Waals surface area contributed by atoms with Gasteiger partial charge in [0.25, 0.3) is 0 Å². The Morgan fingerprint density at radius 3 is 2.59 bits per heavy atom. The molecule has 0 unspecified atom stereocenters. The molecular weight excluding hydrogens is 256 g/mol. The minimum atomic E-state index is -0.266. The van der Waals surface area contributed by atoms with Gasteiger partial charge in [-0.2, -0.15) is 0 Å². The molecule has 1 aromatic heterocycles. The molecule has 2 rings (SSSR count). The van der Waals surface area contributed by atoms with Crippen LogP contribution in [0.25, 0.3) is 10.4 Å². The molecule has 0 bridgehead atoms. The zero-order valence-corrected chi connectivity index (χ0v) is 10.8. The minimum Gasteiger partial charge on any atom is -0.462 e. The molecule has 0 aliphatic carbocycles. The van der Waals surface area contributed by atoms with Crippen molar-refractivity contribution < 1.29 is 9.53 Å². The molecule has 2 nitrogen and oxygen atoms in total. The summed E-state index contributed by atoms with van der Waals surface area (Å²) in [5.41, 5.74) is 1.05. The zero-order valence-electron chi connectivity index (χ0n) is 9.27. The second kappa shape index (κ2) is 5.34. The maximum absolute atomic E-state index is 11.5. The lowest BCUT2D eigenvalue weighted by Crippen LogP contribution is -2.01. The first-order valence-electron chi connectivity index (χ1n) is 5.23. The summed E-state index contributed by atoms with van der Waals surface area (Å²) in [6, 6.07) is 11.2. The molecule has 0 aliphatic rings. The first-order chi connectivity index (χ1) is 8.20. The fourth-order valence-corrected chi connectivity index (χ4v) is 2.45. The summed E-state index contributed by atoms with van der Waals surface area (Å²) in [4.78, 5) is 13.2. The van der Waals surface area contributed by atoms with Crippen LogP contribution in [0.15, 0.2) is 36.4 Å². The van der Waals surface area contributed by atoms with E-state index in [1.54, 1.807) is 13.0 Å². The van der Waals surface area contributed by atoms with Gasteiger partial charge in [-0.15, -0.1) is 11.3 Å². The van der Waals surface area contributed by atoms with Gasteiger partial charge in [0.2, 0.25) is 0 Å². The fourth-order valence-electron chi connectivity index (χ4n) is 1.42. The average Bonchev–Trinajstić information content (AvgIpc) is 2.80. The van der Waals surface area contributed by atoms with Crippen molar-refractivity contribution in [2.75, 3.05) is 6.61 Å². The summed E-state index contributed by atoms with van der Waals surface area (Å²) in [5.74, 6) is -0.266. The van der Waals surface area contributed by atoms with Crippen LogP contribution in [-0.4, -0.2) is 12.6 Å². The van der Waals surface area contributed by atoms with Crippen LogP contribution >= 0.6 is 22.9 Å². The Morgan fingerprint density at radius 1 is 1.24 bits per heavy atom. The van der Waals surface area contributed by atoms with Crippen LogP contribution in [0.3, 0.4) is 0 Å². The van der Waals surface area contributed by atoms with Gasteiger partial charge in [0.1, 0.15) is 4.88 Å². The van der Waals surface area contributed by atoms with Gasteiger partial charge < -0.3 is 4.74 Å². The van der Waals surface area contributed by atoms with Crippen LogP contribution < -0.4 is 0 Å². The van der Waals surface area contributed by atoms with E-state index in [0.29, 0.717) is 16.5 Å². The maximum Gasteiger partial charge on any atom is 0.348 e. The number of esters is 1. The molecule has 0 saturated carbocycles. The fraction of sp³-hybridized carbons (Fsp3) is 0.154. The Morgan fingerprint density at radius 2 is 1.94 bits per heavy atom. The molecule has 2 aromatic rings. The number of thiophene rings is 1. The lowest BCUT2D eigenvalue weighted by molar-refractivity contribution is 0.0532. The van der Waals surface area contributed by atoms with Crippen LogP contribution in [-0.2, 0) is 4.74 Å². The van der Waals surface area contributed by atoms with Crippen molar-refractivity contribution in [3.8, 4) is 10.4 Å². The highest BCUT2D eigenvalue weighted by Gasteiger charge is 2.10. The van der Waals surface area contributed by atoms with Gasteiger partial charge in [0.05, 0.1) is 6.61 Å². The van der Waals surface area contributed by atoms with Gasteiger partial charge >= 0.3 is 5.97 Å². The first-order valence-corrected chi connectivity index (χ1v) is 6.43. The minimum absolute atomic E-state index is 0.266. The second-order valence-electron chi connectivity index (χ2n) is 3.39. The molecule has 17 heavy (non-hydrogen) atoms. The molecule has 0 spiro atoms. The van der Waals surface area contributed by atoms with Crippen molar-refractivity contribution in [2.24, 2.45) is 0 Å². The molecule has 0 atom stereocenters. The molecule has 1 heterocycles. The van der Waals surface area contributed by atoms with E-state index < -0.39 is 0 Å². The van der Waals surface area contributed by atoms with Crippen molar-refractivity contribution in [1.82, 2.24) is 0 Å². The first kappa shape index (κ1) is 12.1. The third kappa shape index (κ3) is 2.87. The molecule has 1 aromatic carbocycles. The molecule has 0 radical (unpaired) electrons. The van der Waals surface area contributed by atoms with Gasteiger partial charge in [0, 0.05) is 9.90 Å². The predicted octanol–water partition coefficient (Wildman–Crippen LogP) is 4.25. The molecule has 0 aliphatic heterocycles. The predicted molar refractivity (Wildman–Crippen MR) is 70.7 cm³/mol. The van der Waals surface area contributed by atoms with Crippen molar-refractivity contribution >= 4 is 28.9 Å².